The maximum Gasteiger partial charge on any atom is 0.0893 e. The molecule has 1 heterocycles. The summed E-state index contributed by atoms with van der Waals surface area (Å²) in [6, 6.07) is 5.90. The molecule has 0 amide bonds. The minimum Gasteiger partial charge on any atom is -0.271 e. The fourth-order valence-electron chi connectivity index (χ4n) is 2.29. The van der Waals surface area contributed by atoms with E-state index in [4.69, 9.17) is 17.4 Å². The molecule has 6 heteroatoms. The SMILES string of the molecule is Cc1c(Cl)cccc1C(NN)c1c(Br)cnn1C(C)C. The zero-order chi connectivity index (χ0) is 14.9. The van der Waals surface area contributed by atoms with Crippen LogP contribution in [0.5, 0.6) is 0 Å². The number of benzene rings is 1. The lowest BCUT2D eigenvalue weighted by Gasteiger charge is -2.22. The summed E-state index contributed by atoms with van der Waals surface area (Å²) in [7, 11) is 0. The van der Waals surface area contributed by atoms with Crippen LogP contribution in [0.15, 0.2) is 28.9 Å². The summed E-state index contributed by atoms with van der Waals surface area (Å²) in [6.45, 7) is 6.16. The Morgan fingerprint density at radius 3 is 2.70 bits per heavy atom. The average molecular weight is 358 g/mol. The van der Waals surface area contributed by atoms with Crippen molar-refractivity contribution in [3.63, 3.8) is 0 Å². The first-order valence-corrected chi connectivity index (χ1v) is 7.58. The highest BCUT2D eigenvalue weighted by atomic mass is 79.9. The van der Waals surface area contributed by atoms with Gasteiger partial charge in [0.15, 0.2) is 0 Å². The summed E-state index contributed by atoms with van der Waals surface area (Å²) in [5, 5.41) is 5.13. The van der Waals surface area contributed by atoms with E-state index in [1.807, 2.05) is 29.8 Å². The summed E-state index contributed by atoms with van der Waals surface area (Å²) in [4.78, 5) is 0. The van der Waals surface area contributed by atoms with Crippen LogP contribution in [0, 0.1) is 6.92 Å². The third-order valence-electron chi connectivity index (χ3n) is 3.34. The highest BCUT2D eigenvalue weighted by molar-refractivity contribution is 9.10. The quantitative estimate of drug-likeness (QED) is 0.647. The monoisotopic (exact) mass is 356 g/mol. The fourth-order valence-corrected chi connectivity index (χ4v) is 2.97. The molecule has 4 nitrogen and oxygen atoms in total. The second-order valence-corrected chi connectivity index (χ2v) is 6.23. The van der Waals surface area contributed by atoms with Gasteiger partial charge in [0.25, 0.3) is 0 Å². The van der Waals surface area contributed by atoms with Crippen LogP contribution in [0.2, 0.25) is 5.02 Å². The van der Waals surface area contributed by atoms with Gasteiger partial charge in [0, 0.05) is 11.1 Å². The molecule has 2 rings (SSSR count). The largest absolute Gasteiger partial charge is 0.271 e. The Kier molecular flexibility index (Phi) is 4.86. The number of hydrazine groups is 1. The van der Waals surface area contributed by atoms with Crippen LogP contribution < -0.4 is 11.3 Å². The minimum atomic E-state index is -0.173. The summed E-state index contributed by atoms with van der Waals surface area (Å²) >= 11 is 9.77. The molecule has 0 aliphatic rings. The molecule has 1 atom stereocenters. The van der Waals surface area contributed by atoms with Crippen LogP contribution in [0.4, 0.5) is 0 Å². The van der Waals surface area contributed by atoms with Crippen molar-refractivity contribution in [1.82, 2.24) is 15.2 Å². The Morgan fingerprint density at radius 1 is 1.40 bits per heavy atom. The number of aromatic nitrogens is 2. The van der Waals surface area contributed by atoms with E-state index in [0.29, 0.717) is 0 Å². The topological polar surface area (TPSA) is 55.9 Å². The summed E-state index contributed by atoms with van der Waals surface area (Å²) < 4.78 is 2.88. The lowest BCUT2D eigenvalue weighted by molar-refractivity contribution is 0.474. The summed E-state index contributed by atoms with van der Waals surface area (Å²) in [5.74, 6) is 5.80. The van der Waals surface area contributed by atoms with E-state index in [-0.39, 0.29) is 12.1 Å². The van der Waals surface area contributed by atoms with Crippen molar-refractivity contribution in [1.29, 1.82) is 0 Å². The van der Waals surface area contributed by atoms with Gasteiger partial charge in [-0.2, -0.15) is 5.10 Å². The van der Waals surface area contributed by atoms with Crippen molar-refractivity contribution in [3.05, 3.63) is 50.7 Å². The lowest BCUT2D eigenvalue weighted by atomic mass is 9.99. The Morgan fingerprint density at radius 2 is 2.10 bits per heavy atom. The maximum absolute atomic E-state index is 6.22. The maximum atomic E-state index is 6.22. The van der Waals surface area contributed by atoms with Gasteiger partial charge in [0.2, 0.25) is 0 Å². The van der Waals surface area contributed by atoms with Gasteiger partial charge in [0.05, 0.1) is 22.4 Å². The lowest BCUT2D eigenvalue weighted by Crippen LogP contribution is -2.32. The zero-order valence-electron chi connectivity index (χ0n) is 11.7. The number of nitrogens with one attached hydrogen (secondary N) is 1. The van der Waals surface area contributed by atoms with E-state index in [0.717, 1.165) is 26.3 Å². The van der Waals surface area contributed by atoms with Crippen LogP contribution in [0.3, 0.4) is 0 Å². The number of hydrogen-bond acceptors (Lipinski definition) is 3. The second kappa shape index (κ2) is 6.26. The zero-order valence-corrected chi connectivity index (χ0v) is 14.0. The van der Waals surface area contributed by atoms with Crippen molar-refractivity contribution in [3.8, 4) is 0 Å². The molecule has 3 N–H and O–H groups in total. The molecule has 108 valence electrons. The first kappa shape index (κ1) is 15.5. The summed E-state index contributed by atoms with van der Waals surface area (Å²) in [5.41, 5.74) is 5.93. The van der Waals surface area contributed by atoms with Gasteiger partial charge in [-0.3, -0.25) is 10.5 Å². The first-order valence-electron chi connectivity index (χ1n) is 6.41. The predicted molar refractivity (Wildman–Crippen MR) is 85.7 cm³/mol. The van der Waals surface area contributed by atoms with Gasteiger partial charge in [-0.15, -0.1) is 0 Å². The van der Waals surface area contributed by atoms with Crippen LogP contribution in [0.1, 0.15) is 42.8 Å². The predicted octanol–water partition coefficient (Wildman–Crippen LogP) is 3.74. The van der Waals surface area contributed by atoms with E-state index >= 15 is 0 Å². The molecular formula is C14H18BrClN4. The van der Waals surface area contributed by atoms with Crippen molar-refractivity contribution in [2.24, 2.45) is 5.84 Å². The molecule has 0 aliphatic carbocycles. The molecule has 20 heavy (non-hydrogen) atoms. The Labute approximate surface area is 132 Å². The smallest absolute Gasteiger partial charge is 0.0893 e. The molecule has 0 aliphatic heterocycles. The van der Waals surface area contributed by atoms with Crippen LogP contribution in [-0.2, 0) is 0 Å². The molecule has 1 aromatic carbocycles. The minimum absolute atomic E-state index is 0.173. The van der Waals surface area contributed by atoms with E-state index in [2.05, 4.69) is 40.3 Å². The summed E-state index contributed by atoms with van der Waals surface area (Å²) in [6.07, 6.45) is 1.79. The van der Waals surface area contributed by atoms with Crippen LogP contribution in [-0.4, -0.2) is 9.78 Å². The standard InChI is InChI=1S/C14H18BrClN4/c1-8(2)20-14(11(15)7-18-20)13(19-17)10-5-4-6-12(16)9(10)3/h4-8,13,19H,17H2,1-3H3. The van der Waals surface area contributed by atoms with Crippen molar-refractivity contribution in [2.45, 2.75) is 32.9 Å². The highest BCUT2D eigenvalue weighted by Gasteiger charge is 2.23. The Balaban J connectivity index is 2.58. The molecular weight excluding hydrogens is 340 g/mol. The molecule has 1 unspecified atom stereocenters. The number of halogens is 2. The van der Waals surface area contributed by atoms with Gasteiger partial charge in [-0.25, -0.2) is 5.43 Å². The normalized spacial score (nSPS) is 12.9. The molecule has 2 aromatic rings. The number of nitrogens with two attached hydrogens (primary N) is 1. The molecule has 0 saturated heterocycles. The van der Waals surface area contributed by atoms with E-state index in [9.17, 15) is 0 Å². The Hall–Kier alpha value is -0.880. The molecule has 0 bridgehead atoms. The van der Waals surface area contributed by atoms with Crippen molar-refractivity contribution >= 4 is 27.5 Å². The van der Waals surface area contributed by atoms with Gasteiger partial charge in [0.1, 0.15) is 0 Å². The first-order chi connectivity index (χ1) is 9.47. The second-order valence-electron chi connectivity index (χ2n) is 4.97. The van der Waals surface area contributed by atoms with Gasteiger partial charge in [-0.05, 0) is 53.9 Å². The van der Waals surface area contributed by atoms with Crippen molar-refractivity contribution < 1.29 is 0 Å². The third kappa shape index (κ3) is 2.76. The molecule has 1 aromatic heterocycles. The molecule has 0 saturated carbocycles. The highest BCUT2D eigenvalue weighted by Crippen LogP contribution is 2.33. The number of hydrogen-bond donors (Lipinski definition) is 2. The average Bonchev–Trinajstić information content (AvgIpc) is 2.78. The molecule has 0 radical (unpaired) electrons. The van der Waals surface area contributed by atoms with Gasteiger partial charge in [-0.1, -0.05) is 23.7 Å². The molecule has 0 fully saturated rings. The van der Waals surface area contributed by atoms with E-state index in [1.54, 1.807) is 6.20 Å². The van der Waals surface area contributed by atoms with Crippen molar-refractivity contribution in [2.75, 3.05) is 0 Å². The van der Waals surface area contributed by atoms with E-state index < -0.39 is 0 Å². The van der Waals surface area contributed by atoms with Gasteiger partial charge >= 0.3 is 0 Å². The van der Waals surface area contributed by atoms with Crippen LogP contribution >= 0.6 is 27.5 Å². The van der Waals surface area contributed by atoms with Gasteiger partial charge < -0.3 is 0 Å². The number of rotatable bonds is 4. The van der Waals surface area contributed by atoms with E-state index in [1.165, 1.54) is 0 Å². The fraction of sp³-hybridized carbons (Fsp3) is 0.357. The van der Waals surface area contributed by atoms with Crippen LogP contribution in [0.25, 0.3) is 0 Å². The third-order valence-corrected chi connectivity index (χ3v) is 4.36. The molecule has 0 spiro atoms. The number of nitrogens with zero attached hydrogens (tertiary/aromatic N) is 2. The Bertz CT molecular complexity index is 609.